The van der Waals surface area contributed by atoms with Gasteiger partial charge in [-0.2, -0.15) is 5.10 Å². The van der Waals surface area contributed by atoms with Crippen molar-refractivity contribution in [2.45, 2.75) is 33.4 Å². The molecule has 142 valence electrons. The van der Waals surface area contributed by atoms with Crippen LogP contribution in [0.1, 0.15) is 41.5 Å². The zero-order valence-corrected chi connectivity index (χ0v) is 16.1. The zero-order chi connectivity index (χ0) is 19.7. The van der Waals surface area contributed by atoms with Crippen LogP contribution in [0.2, 0.25) is 0 Å². The van der Waals surface area contributed by atoms with E-state index in [0.717, 1.165) is 22.2 Å². The zero-order valence-electron chi connectivity index (χ0n) is 16.1. The molecule has 0 unspecified atom stereocenters. The molecule has 7 nitrogen and oxygen atoms in total. The first-order chi connectivity index (χ1) is 13.5. The maximum Gasteiger partial charge on any atom is 0.252 e. The second-order valence-electron chi connectivity index (χ2n) is 7.04. The molecule has 2 aromatic carbocycles. The van der Waals surface area contributed by atoms with Gasteiger partial charge in [-0.15, -0.1) is 5.10 Å². The summed E-state index contributed by atoms with van der Waals surface area (Å²) in [6.07, 6.45) is 3.58. The molecular formula is C21H22N6O. The van der Waals surface area contributed by atoms with Crippen molar-refractivity contribution in [2.75, 3.05) is 0 Å². The van der Waals surface area contributed by atoms with Crippen molar-refractivity contribution >= 4 is 16.8 Å². The Hall–Kier alpha value is -3.48. The van der Waals surface area contributed by atoms with Crippen LogP contribution in [-0.2, 0) is 6.54 Å². The van der Waals surface area contributed by atoms with E-state index in [-0.39, 0.29) is 11.9 Å². The van der Waals surface area contributed by atoms with Crippen molar-refractivity contribution in [2.24, 2.45) is 0 Å². The molecule has 0 saturated heterocycles. The summed E-state index contributed by atoms with van der Waals surface area (Å²) in [7, 11) is 0. The third-order valence-electron chi connectivity index (χ3n) is 4.71. The monoisotopic (exact) mass is 374 g/mol. The van der Waals surface area contributed by atoms with Crippen LogP contribution < -0.4 is 5.32 Å². The quantitative estimate of drug-likeness (QED) is 0.580. The van der Waals surface area contributed by atoms with Gasteiger partial charge in [0.2, 0.25) is 0 Å². The lowest BCUT2D eigenvalue weighted by Gasteiger charge is -2.08. The van der Waals surface area contributed by atoms with Crippen LogP contribution in [0, 0.1) is 6.92 Å². The largest absolute Gasteiger partial charge is 0.346 e. The van der Waals surface area contributed by atoms with Gasteiger partial charge in [-0.3, -0.25) is 9.48 Å². The van der Waals surface area contributed by atoms with Crippen LogP contribution in [0.4, 0.5) is 0 Å². The van der Waals surface area contributed by atoms with Crippen LogP contribution in [-0.4, -0.2) is 30.7 Å². The number of fused-ring (bicyclic) bond motifs is 1. The minimum Gasteiger partial charge on any atom is -0.346 e. The summed E-state index contributed by atoms with van der Waals surface area (Å²) in [6.45, 7) is 6.46. The van der Waals surface area contributed by atoms with Gasteiger partial charge >= 0.3 is 0 Å². The molecule has 2 aromatic heterocycles. The highest BCUT2D eigenvalue weighted by molar-refractivity contribution is 6.06. The standard InChI is InChI=1S/C21H22N6O/c1-14(2)27-20-10-6-8-17(18(20)12-23-27)21(28)22-11-16-13-26(25-24-16)19-9-5-4-7-15(19)3/h4-10,12-14H,11H2,1-3H3,(H,22,28). The van der Waals surface area contributed by atoms with E-state index in [2.05, 4.69) is 34.6 Å². The van der Waals surface area contributed by atoms with Gasteiger partial charge in [-0.1, -0.05) is 29.5 Å². The maximum atomic E-state index is 12.7. The third kappa shape index (κ3) is 3.26. The first-order valence-electron chi connectivity index (χ1n) is 9.26. The first kappa shape index (κ1) is 17.9. The molecule has 0 aliphatic rings. The molecule has 7 heteroatoms. The second-order valence-corrected chi connectivity index (χ2v) is 7.04. The topological polar surface area (TPSA) is 77.6 Å². The number of carbonyl (C=O) groups excluding carboxylic acids is 1. The summed E-state index contributed by atoms with van der Waals surface area (Å²) in [4.78, 5) is 12.7. The Morgan fingerprint density at radius 3 is 2.75 bits per heavy atom. The average Bonchev–Trinajstić information content (AvgIpc) is 3.33. The summed E-state index contributed by atoms with van der Waals surface area (Å²) in [5, 5.41) is 16.5. The molecule has 0 radical (unpaired) electrons. The number of rotatable bonds is 5. The molecule has 0 aliphatic heterocycles. The molecule has 0 atom stereocenters. The number of carbonyl (C=O) groups is 1. The molecular weight excluding hydrogens is 352 g/mol. The average molecular weight is 374 g/mol. The normalized spacial score (nSPS) is 11.3. The molecule has 1 amide bonds. The Morgan fingerprint density at radius 1 is 1.14 bits per heavy atom. The Labute approximate surface area is 163 Å². The lowest BCUT2D eigenvalue weighted by molar-refractivity contribution is 0.0952. The van der Waals surface area contributed by atoms with Gasteiger partial charge in [0, 0.05) is 11.4 Å². The van der Waals surface area contributed by atoms with Crippen molar-refractivity contribution < 1.29 is 4.79 Å². The molecule has 0 bridgehead atoms. The molecule has 0 aliphatic carbocycles. The highest BCUT2D eigenvalue weighted by Gasteiger charge is 2.15. The van der Waals surface area contributed by atoms with Crippen LogP contribution >= 0.6 is 0 Å². The number of nitrogens with one attached hydrogen (secondary N) is 1. The molecule has 2 heterocycles. The van der Waals surface area contributed by atoms with Crippen molar-refractivity contribution in [1.82, 2.24) is 30.1 Å². The number of aryl methyl sites for hydroxylation is 1. The highest BCUT2D eigenvalue weighted by atomic mass is 16.1. The Kier molecular flexibility index (Phi) is 4.65. The van der Waals surface area contributed by atoms with E-state index in [9.17, 15) is 4.79 Å². The Morgan fingerprint density at radius 2 is 1.96 bits per heavy atom. The van der Waals surface area contributed by atoms with E-state index >= 15 is 0 Å². The van der Waals surface area contributed by atoms with E-state index in [1.165, 1.54) is 0 Å². The fraction of sp³-hybridized carbons (Fsp3) is 0.238. The number of nitrogens with zero attached hydrogens (tertiary/aromatic N) is 5. The van der Waals surface area contributed by atoms with Crippen molar-refractivity contribution in [3.8, 4) is 5.69 Å². The van der Waals surface area contributed by atoms with Gasteiger partial charge in [0.1, 0.15) is 5.69 Å². The number of para-hydroxylation sites is 1. The summed E-state index contributed by atoms with van der Waals surface area (Å²) in [6, 6.07) is 13.9. The smallest absolute Gasteiger partial charge is 0.252 e. The second kappa shape index (κ2) is 7.26. The van der Waals surface area contributed by atoms with Crippen LogP contribution in [0.15, 0.2) is 54.9 Å². The highest BCUT2D eigenvalue weighted by Crippen LogP contribution is 2.21. The van der Waals surface area contributed by atoms with Gasteiger partial charge in [0.25, 0.3) is 5.91 Å². The van der Waals surface area contributed by atoms with E-state index in [1.807, 2.05) is 60.3 Å². The third-order valence-corrected chi connectivity index (χ3v) is 4.71. The molecule has 1 N–H and O–H groups in total. The van der Waals surface area contributed by atoms with E-state index < -0.39 is 0 Å². The maximum absolute atomic E-state index is 12.7. The molecule has 4 aromatic rings. The van der Waals surface area contributed by atoms with Gasteiger partial charge in [0.15, 0.2) is 0 Å². The lowest BCUT2D eigenvalue weighted by atomic mass is 10.1. The summed E-state index contributed by atoms with van der Waals surface area (Å²) in [5.74, 6) is -0.153. The van der Waals surface area contributed by atoms with Gasteiger partial charge in [0.05, 0.1) is 35.7 Å². The minimum absolute atomic E-state index is 0.153. The van der Waals surface area contributed by atoms with Crippen molar-refractivity contribution in [3.63, 3.8) is 0 Å². The predicted octanol–water partition coefficient (Wildman–Crippen LogP) is 3.44. The lowest BCUT2D eigenvalue weighted by Crippen LogP contribution is -2.23. The van der Waals surface area contributed by atoms with Gasteiger partial charge < -0.3 is 5.32 Å². The summed E-state index contributed by atoms with van der Waals surface area (Å²) < 4.78 is 3.64. The minimum atomic E-state index is -0.153. The fourth-order valence-corrected chi connectivity index (χ4v) is 3.26. The number of amides is 1. The van der Waals surface area contributed by atoms with Crippen molar-refractivity contribution in [1.29, 1.82) is 0 Å². The Balaban J connectivity index is 1.51. The first-order valence-corrected chi connectivity index (χ1v) is 9.26. The Bertz CT molecular complexity index is 1140. The van der Waals surface area contributed by atoms with E-state index in [0.29, 0.717) is 17.8 Å². The van der Waals surface area contributed by atoms with Crippen LogP contribution in [0.25, 0.3) is 16.6 Å². The number of hydrogen-bond donors (Lipinski definition) is 1. The van der Waals surface area contributed by atoms with E-state index in [1.54, 1.807) is 10.9 Å². The fourth-order valence-electron chi connectivity index (χ4n) is 3.26. The number of hydrogen-bond acceptors (Lipinski definition) is 4. The molecule has 0 fully saturated rings. The predicted molar refractivity (Wildman–Crippen MR) is 107 cm³/mol. The summed E-state index contributed by atoms with van der Waals surface area (Å²) >= 11 is 0. The molecule has 4 rings (SSSR count). The summed E-state index contributed by atoms with van der Waals surface area (Å²) in [5.41, 5.74) is 4.33. The van der Waals surface area contributed by atoms with Crippen molar-refractivity contribution in [3.05, 3.63) is 71.7 Å². The van der Waals surface area contributed by atoms with Gasteiger partial charge in [-0.25, -0.2) is 4.68 Å². The van der Waals surface area contributed by atoms with E-state index in [4.69, 9.17) is 0 Å². The van der Waals surface area contributed by atoms with Crippen LogP contribution in [0.5, 0.6) is 0 Å². The van der Waals surface area contributed by atoms with Crippen LogP contribution in [0.3, 0.4) is 0 Å². The van der Waals surface area contributed by atoms with Gasteiger partial charge in [-0.05, 0) is 44.5 Å². The molecule has 0 saturated carbocycles. The number of aromatic nitrogens is 5. The molecule has 28 heavy (non-hydrogen) atoms. The number of benzene rings is 2. The SMILES string of the molecule is Cc1ccccc1-n1cc(CNC(=O)c2cccc3c2cnn3C(C)C)nn1. The molecule has 0 spiro atoms.